The molecular weight excluding hydrogens is 750 g/mol. The first-order chi connectivity index (χ1) is 25.3. The maximum Gasteiger partial charge on any atom is 0.417 e. The molecule has 5 rings (SSSR count). The van der Waals surface area contributed by atoms with Crippen LogP contribution in [0.5, 0.6) is 0 Å². The molecule has 0 bridgehead atoms. The smallest absolute Gasteiger partial charge is 0.417 e. The van der Waals surface area contributed by atoms with Gasteiger partial charge in [-0.05, 0) is 87.2 Å². The molecule has 3 N–H and O–H groups in total. The van der Waals surface area contributed by atoms with Crippen LogP contribution in [0.15, 0.2) is 96.2 Å². The first-order valence-corrected chi connectivity index (χ1v) is 18.8. The number of pyridine rings is 1. The summed E-state index contributed by atoms with van der Waals surface area (Å²) < 4.78 is 91.1. The van der Waals surface area contributed by atoms with E-state index in [9.17, 15) is 31.2 Å². The molecule has 2 amide bonds. The lowest BCUT2D eigenvalue weighted by Crippen LogP contribution is -2.57. The summed E-state index contributed by atoms with van der Waals surface area (Å²) in [5.41, 5.74) is 5.12. The zero-order valence-electron chi connectivity index (χ0n) is 29.7. The predicted octanol–water partition coefficient (Wildman–Crippen LogP) is 7.23. The minimum absolute atomic E-state index is 0.0146. The second kappa shape index (κ2) is 16.4. The number of carbonyl (C=O) groups is 2. The van der Waals surface area contributed by atoms with E-state index in [0.717, 1.165) is 6.07 Å². The number of anilines is 1. The molecule has 0 spiro atoms. The molecule has 0 radical (unpaired) electrons. The van der Waals surface area contributed by atoms with Crippen LogP contribution < -0.4 is 11.1 Å². The number of rotatable bonds is 10. The molecule has 1 aliphatic rings. The van der Waals surface area contributed by atoms with Crippen LogP contribution in [0.4, 0.5) is 28.0 Å². The number of carbonyl (C=O) groups excluding carboxylic acids is 2. The van der Waals surface area contributed by atoms with Crippen molar-refractivity contribution in [3.05, 3.63) is 124 Å². The van der Waals surface area contributed by atoms with E-state index in [1.165, 1.54) is 70.0 Å². The highest BCUT2D eigenvalue weighted by molar-refractivity contribution is 7.89. The Morgan fingerprint density at radius 2 is 1.67 bits per heavy atom. The number of hydrogen-bond acceptors (Lipinski definition) is 7. The molecule has 10 nitrogen and oxygen atoms in total. The summed E-state index contributed by atoms with van der Waals surface area (Å²) in [4.78, 5) is 32.1. The molecule has 16 heteroatoms. The van der Waals surface area contributed by atoms with E-state index in [0.29, 0.717) is 16.8 Å². The Balaban J connectivity index is 1.43. The van der Waals surface area contributed by atoms with Gasteiger partial charge in [0, 0.05) is 60.3 Å². The van der Waals surface area contributed by atoms with Gasteiger partial charge in [-0.3, -0.25) is 9.78 Å². The third kappa shape index (κ3) is 9.75. The Hall–Kier alpha value is -4.57. The fourth-order valence-corrected chi connectivity index (χ4v) is 8.06. The van der Waals surface area contributed by atoms with E-state index in [1.807, 2.05) is 0 Å². The molecule has 0 aliphatic carbocycles. The average molecular weight is 790 g/mol. The number of hydrogen-bond donors (Lipinski definition) is 2. The summed E-state index contributed by atoms with van der Waals surface area (Å²) in [6, 6.07) is 16.5. The summed E-state index contributed by atoms with van der Waals surface area (Å²) in [5, 5.41) is 3.00. The van der Waals surface area contributed by atoms with Crippen molar-refractivity contribution in [3.8, 4) is 0 Å². The SMILES string of the molecule is CC(C)(C)OC(=O)N1CCN(S(=O)(=O)c2ccccc2)[C@@H](CCc2c(F)cccc2NC(=O)[C@@H](N)[C@@H](c2ccc(Cl)cc2)c2cncc(C(F)(F)F)c2)C1. The van der Waals surface area contributed by atoms with Gasteiger partial charge < -0.3 is 20.7 Å². The van der Waals surface area contributed by atoms with E-state index in [2.05, 4.69) is 10.3 Å². The number of sulfonamides is 1. The van der Waals surface area contributed by atoms with Crippen LogP contribution in [0, 0.1) is 5.82 Å². The number of amides is 2. The molecule has 0 unspecified atom stereocenters. The van der Waals surface area contributed by atoms with Crippen molar-refractivity contribution in [3.63, 3.8) is 0 Å². The van der Waals surface area contributed by atoms with Crippen molar-refractivity contribution in [2.24, 2.45) is 5.73 Å². The lowest BCUT2D eigenvalue weighted by Gasteiger charge is -2.41. The Morgan fingerprint density at radius 1 is 0.981 bits per heavy atom. The molecule has 1 aliphatic heterocycles. The molecule has 4 aromatic rings. The van der Waals surface area contributed by atoms with Crippen LogP contribution in [-0.2, 0) is 32.2 Å². The average Bonchev–Trinajstić information content (AvgIpc) is 3.11. The van der Waals surface area contributed by atoms with Crippen LogP contribution in [0.3, 0.4) is 0 Å². The first-order valence-electron chi connectivity index (χ1n) is 17.0. The predicted molar refractivity (Wildman–Crippen MR) is 196 cm³/mol. The van der Waals surface area contributed by atoms with E-state index < -0.39 is 63.2 Å². The number of ether oxygens (including phenoxy) is 1. The third-order valence-corrected chi connectivity index (χ3v) is 11.1. The highest BCUT2D eigenvalue weighted by atomic mass is 35.5. The van der Waals surface area contributed by atoms with Crippen molar-refractivity contribution in [1.82, 2.24) is 14.2 Å². The second-order valence-corrected chi connectivity index (χ2v) is 16.2. The van der Waals surface area contributed by atoms with Crippen LogP contribution in [0.25, 0.3) is 0 Å². The van der Waals surface area contributed by atoms with Gasteiger partial charge in [-0.2, -0.15) is 17.5 Å². The Bertz CT molecular complexity index is 2070. The Morgan fingerprint density at radius 3 is 2.31 bits per heavy atom. The molecular formula is C38H40ClF4N5O5S. The Labute approximate surface area is 316 Å². The van der Waals surface area contributed by atoms with Crippen molar-refractivity contribution in [2.75, 3.05) is 25.0 Å². The van der Waals surface area contributed by atoms with Gasteiger partial charge >= 0.3 is 12.3 Å². The monoisotopic (exact) mass is 789 g/mol. The number of alkyl halides is 3. The lowest BCUT2D eigenvalue weighted by atomic mass is 9.85. The highest BCUT2D eigenvalue weighted by Gasteiger charge is 2.39. The number of halogens is 5. The molecule has 3 atom stereocenters. The van der Waals surface area contributed by atoms with Crippen LogP contribution in [0.1, 0.15) is 55.4 Å². The summed E-state index contributed by atoms with van der Waals surface area (Å²) in [7, 11) is -4.04. The van der Waals surface area contributed by atoms with E-state index >= 15 is 4.39 Å². The number of nitrogens with zero attached hydrogens (tertiary/aromatic N) is 3. The van der Waals surface area contributed by atoms with E-state index in [1.54, 1.807) is 39.0 Å². The normalized spacial score (nSPS) is 16.8. The second-order valence-electron chi connectivity index (χ2n) is 13.9. The van der Waals surface area contributed by atoms with Gasteiger partial charge in [0.2, 0.25) is 15.9 Å². The minimum atomic E-state index is -4.71. The van der Waals surface area contributed by atoms with Gasteiger partial charge in [-0.1, -0.05) is 48.0 Å². The molecule has 1 fully saturated rings. The summed E-state index contributed by atoms with van der Waals surface area (Å²) in [5.74, 6) is -2.65. The third-order valence-electron chi connectivity index (χ3n) is 8.87. The van der Waals surface area contributed by atoms with Crippen LogP contribution in [0.2, 0.25) is 5.02 Å². The van der Waals surface area contributed by atoms with Crippen LogP contribution >= 0.6 is 11.6 Å². The molecule has 1 aromatic heterocycles. The van der Waals surface area contributed by atoms with Crippen molar-refractivity contribution >= 4 is 39.3 Å². The summed E-state index contributed by atoms with van der Waals surface area (Å²) in [6.07, 6.45) is -3.53. The largest absolute Gasteiger partial charge is 0.444 e. The molecule has 3 aromatic carbocycles. The minimum Gasteiger partial charge on any atom is -0.444 e. The number of piperazine rings is 1. The highest BCUT2D eigenvalue weighted by Crippen LogP contribution is 2.35. The van der Waals surface area contributed by atoms with Crippen molar-refractivity contribution in [1.29, 1.82) is 0 Å². The van der Waals surface area contributed by atoms with Gasteiger partial charge in [0.15, 0.2) is 0 Å². The maximum absolute atomic E-state index is 15.6. The standard InChI is InChI=1S/C38H40ClF4N5O5S/c1-37(2,3)53-36(50)47-18-19-48(54(51,52)29-8-5-4-6-9-29)28(23-47)16-17-30-31(40)10-7-11-32(30)46-35(49)34(44)33(24-12-14-27(39)15-13-24)25-20-26(22-45-21-25)38(41,42)43/h4-15,20-22,28,33-34H,16-19,23,44H2,1-3H3,(H,46,49)/t28-,33-,34-/m0/s1. The van der Waals surface area contributed by atoms with Gasteiger partial charge in [-0.15, -0.1) is 0 Å². The number of nitrogens with one attached hydrogen (secondary N) is 1. The van der Waals surface area contributed by atoms with Gasteiger partial charge in [0.1, 0.15) is 11.4 Å². The molecule has 54 heavy (non-hydrogen) atoms. The molecule has 288 valence electrons. The quantitative estimate of drug-likeness (QED) is 0.162. The zero-order chi connectivity index (χ0) is 39.4. The van der Waals surface area contributed by atoms with Gasteiger partial charge in [0.05, 0.1) is 16.5 Å². The van der Waals surface area contributed by atoms with Crippen LogP contribution in [-0.4, -0.2) is 71.9 Å². The fourth-order valence-electron chi connectivity index (χ4n) is 6.28. The summed E-state index contributed by atoms with van der Waals surface area (Å²) in [6.45, 7) is 5.11. The van der Waals surface area contributed by atoms with Gasteiger partial charge in [-0.25, -0.2) is 17.6 Å². The Kier molecular flexibility index (Phi) is 12.4. The van der Waals surface area contributed by atoms with E-state index in [4.69, 9.17) is 22.1 Å². The molecule has 2 heterocycles. The number of aromatic nitrogens is 1. The van der Waals surface area contributed by atoms with E-state index in [-0.39, 0.29) is 54.2 Å². The fraction of sp³-hybridized carbons (Fsp3) is 0.342. The maximum atomic E-state index is 15.6. The summed E-state index contributed by atoms with van der Waals surface area (Å²) >= 11 is 6.06. The van der Waals surface area contributed by atoms with Crippen molar-refractivity contribution in [2.45, 2.75) is 68.3 Å². The topological polar surface area (TPSA) is 135 Å². The first kappa shape index (κ1) is 40.6. The van der Waals surface area contributed by atoms with Gasteiger partial charge in [0.25, 0.3) is 0 Å². The van der Waals surface area contributed by atoms with Crippen molar-refractivity contribution < 1.29 is 40.3 Å². The molecule has 0 saturated carbocycles. The number of benzene rings is 3. The number of nitrogens with two attached hydrogens (primary N) is 1. The lowest BCUT2D eigenvalue weighted by molar-refractivity contribution is -0.137. The zero-order valence-corrected chi connectivity index (χ0v) is 31.3. The molecule has 1 saturated heterocycles.